The van der Waals surface area contributed by atoms with Gasteiger partial charge in [0, 0.05) is 12.7 Å². The number of aliphatic carboxylic acids is 1. The Morgan fingerprint density at radius 3 is 2.69 bits per heavy atom. The lowest BCUT2D eigenvalue weighted by atomic mass is 9.99. The molecule has 0 bridgehead atoms. The molecule has 2 aromatic carbocycles. The lowest BCUT2D eigenvalue weighted by molar-refractivity contribution is -0.138. The maximum Gasteiger partial charge on any atom is 0.323 e. The molecule has 0 spiro atoms. The highest BCUT2D eigenvalue weighted by molar-refractivity contribution is 6.14. The number of nitrogens with zero attached hydrogens (tertiary/aromatic N) is 5. The molecule has 184 valence electrons. The van der Waals surface area contributed by atoms with Gasteiger partial charge >= 0.3 is 5.97 Å². The van der Waals surface area contributed by atoms with E-state index in [1.165, 1.54) is 17.0 Å². The lowest BCUT2D eigenvalue weighted by Crippen LogP contribution is -2.52. The van der Waals surface area contributed by atoms with E-state index in [9.17, 15) is 19.1 Å². The van der Waals surface area contributed by atoms with Gasteiger partial charge in [-0.3, -0.25) is 14.5 Å². The molecule has 0 unspecified atom stereocenters. The van der Waals surface area contributed by atoms with Gasteiger partial charge in [0.15, 0.2) is 0 Å². The number of hydrogen-bond donors (Lipinski definition) is 1. The van der Waals surface area contributed by atoms with Gasteiger partial charge in [0.05, 0.1) is 30.9 Å². The van der Waals surface area contributed by atoms with E-state index < -0.39 is 5.97 Å². The van der Waals surface area contributed by atoms with Crippen LogP contribution in [0.2, 0.25) is 0 Å². The molecular weight excluding hydrogens is 465 g/mol. The summed E-state index contributed by atoms with van der Waals surface area (Å²) in [6.07, 6.45) is 5.72. The summed E-state index contributed by atoms with van der Waals surface area (Å²) in [7, 11) is 1.57. The number of methoxy groups -OCH3 is 1. The summed E-state index contributed by atoms with van der Waals surface area (Å²) in [5.41, 5.74) is 3.31. The molecule has 5 rings (SSSR count). The number of carbonyl (C=O) groups excluding carboxylic acids is 1. The number of ether oxygens (including phenoxy) is 1. The Balaban J connectivity index is 1.51. The monoisotopic (exact) mass is 489 g/mol. The van der Waals surface area contributed by atoms with Crippen LogP contribution >= 0.6 is 0 Å². The number of hydrogen-bond acceptors (Lipinski definition) is 6. The third kappa shape index (κ3) is 4.33. The lowest BCUT2D eigenvalue weighted by Gasteiger charge is -2.39. The van der Waals surface area contributed by atoms with Crippen molar-refractivity contribution in [3.05, 3.63) is 83.3 Å². The minimum atomic E-state index is -1.02. The number of halogens is 1. The van der Waals surface area contributed by atoms with Gasteiger partial charge in [-0.1, -0.05) is 18.2 Å². The number of carboxylic acid groups (broad SMARTS) is 1. The van der Waals surface area contributed by atoms with E-state index in [1.807, 2.05) is 29.8 Å². The Morgan fingerprint density at radius 2 is 2.03 bits per heavy atom. The van der Waals surface area contributed by atoms with Crippen molar-refractivity contribution in [2.45, 2.75) is 19.4 Å². The summed E-state index contributed by atoms with van der Waals surface area (Å²) >= 11 is 0. The zero-order valence-corrected chi connectivity index (χ0v) is 19.8. The van der Waals surface area contributed by atoms with Crippen LogP contribution in [0.15, 0.2) is 65.7 Å². The summed E-state index contributed by atoms with van der Waals surface area (Å²) < 4.78 is 20.9. The SMILES string of the molecule is COc1cc(/C=C2\N=C3N(CC(=O)O)CC[C@H](c4ccc(F)cc4)N3C2=O)ccc1-n1cnc(C)c1. The minimum absolute atomic E-state index is 0.183. The number of benzene rings is 2. The van der Waals surface area contributed by atoms with Crippen molar-refractivity contribution in [1.82, 2.24) is 19.4 Å². The molecule has 3 heterocycles. The number of aliphatic imine (C=N–C) groups is 1. The highest BCUT2D eigenvalue weighted by atomic mass is 19.1. The minimum Gasteiger partial charge on any atom is -0.495 e. The number of amides is 1. The highest BCUT2D eigenvalue weighted by Crippen LogP contribution is 2.36. The number of aromatic nitrogens is 2. The van der Waals surface area contributed by atoms with Crippen molar-refractivity contribution in [3.8, 4) is 11.4 Å². The van der Waals surface area contributed by atoms with Crippen LogP contribution in [-0.4, -0.2) is 62.5 Å². The van der Waals surface area contributed by atoms with Crippen molar-refractivity contribution in [3.63, 3.8) is 0 Å². The number of carbonyl (C=O) groups is 2. The van der Waals surface area contributed by atoms with Crippen molar-refractivity contribution in [1.29, 1.82) is 0 Å². The normalized spacial score (nSPS) is 18.4. The smallest absolute Gasteiger partial charge is 0.323 e. The molecule has 3 aromatic rings. The Morgan fingerprint density at radius 1 is 1.25 bits per heavy atom. The molecular formula is C26H24FN5O4. The molecule has 1 atom stereocenters. The summed E-state index contributed by atoms with van der Waals surface area (Å²) in [6.45, 7) is 2.02. The molecule has 1 amide bonds. The summed E-state index contributed by atoms with van der Waals surface area (Å²) in [5.74, 6) is -0.853. The molecule has 36 heavy (non-hydrogen) atoms. The van der Waals surface area contributed by atoms with Crippen LogP contribution < -0.4 is 4.74 Å². The van der Waals surface area contributed by atoms with Gasteiger partial charge in [-0.2, -0.15) is 0 Å². The second-order valence-electron chi connectivity index (χ2n) is 8.64. The van der Waals surface area contributed by atoms with E-state index in [4.69, 9.17) is 4.74 Å². The molecule has 0 radical (unpaired) electrons. The average molecular weight is 490 g/mol. The zero-order chi connectivity index (χ0) is 25.4. The molecule has 9 nitrogen and oxygen atoms in total. The quantitative estimate of drug-likeness (QED) is 0.533. The second-order valence-corrected chi connectivity index (χ2v) is 8.64. The van der Waals surface area contributed by atoms with E-state index in [-0.39, 0.29) is 36.0 Å². The highest BCUT2D eigenvalue weighted by Gasteiger charge is 2.42. The van der Waals surface area contributed by atoms with Crippen LogP contribution in [0, 0.1) is 12.7 Å². The zero-order valence-electron chi connectivity index (χ0n) is 19.8. The van der Waals surface area contributed by atoms with Gasteiger partial charge in [0.1, 0.15) is 23.8 Å². The molecule has 2 aliphatic rings. The van der Waals surface area contributed by atoms with Crippen LogP contribution in [0.25, 0.3) is 11.8 Å². The van der Waals surface area contributed by atoms with E-state index in [0.717, 1.165) is 16.9 Å². The largest absolute Gasteiger partial charge is 0.495 e. The number of imidazole rings is 1. The van der Waals surface area contributed by atoms with Gasteiger partial charge in [-0.15, -0.1) is 0 Å². The molecule has 0 aliphatic carbocycles. The fourth-order valence-electron chi connectivity index (χ4n) is 4.55. The third-order valence-electron chi connectivity index (χ3n) is 6.22. The van der Waals surface area contributed by atoms with Gasteiger partial charge < -0.3 is 19.3 Å². The Labute approximate surface area is 206 Å². The topological polar surface area (TPSA) is 100 Å². The van der Waals surface area contributed by atoms with Crippen molar-refractivity contribution in [2.75, 3.05) is 20.2 Å². The van der Waals surface area contributed by atoms with Crippen molar-refractivity contribution in [2.24, 2.45) is 4.99 Å². The van der Waals surface area contributed by atoms with Gasteiger partial charge in [0.2, 0.25) is 5.96 Å². The number of guanidine groups is 1. The first-order chi connectivity index (χ1) is 17.3. The maximum atomic E-state index is 13.5. The maximum absolute atomic E-state index is 13.5. The Kier molecular flexibility index (Phi) is 6.01. The van der Waals surface area contributed by atoms with Crippen LogP contribution in [-0.2, 0) is 9.59 Å². The summed E-state index contributed by atoms with van der Waals surface area (Å²) in [6, 6.07) is 11.1. The van der Waals surface area contributed by atoms with Gasteiger partial charge in [0.25, 0.3) is 5.91 Å². The van der Waals surface area contributed by atoms with Crippen LogP contribution in [0.5, 0.6) is 5.75 Å². The first kappa shape index (κ1) is 23.3. The summed E-state index contributed by atoms with van der Waals surface area (Å²) in [5, 5.41) is 9.37. The number of rotatable bonds is 6. The number of fused-ring (bicyclic) bond motifs is 1. The fraction of sp³-hybridized carbons (Fsp3) is 0.231. The van der Waals surface area contributed by atoms with Gasteiger partial charge in [-0.25, -0.2) is 14.4 Å². The second kappa shape index (κ2) is 9.29. The first-order valence-electron chi connectivity index (χ1n) is 11.4. The van der Waals surface area contributed by atoms with Gasteiger partial charge in [-0.05, 0) is 54.8 Å². The number of carboxylic acids is 1. The van der Waals surface area contributed by atoms with Crippen LogP contribution in [0.3, 0.4) is 0 Å². The molecule has 10 heteroatoms. The molecule has 1 fully saturated rings. The van der Waals surface area contributed by atoms with E-state index in [1.54, 1.807) is 42.6 Å². The predicted molar refractivity (Wildman–Crippen MR) is 130 cm³/mol. The fourth-order valence-corrected chi connectivity index (χ4v) is 4.55. The van der Waals surface area contributed by atoms with E-state index >= 15 is 0 Å². The summed E-state index contributed by atoms with van der Waals surface area (Å²) in [4.78, 5) is 36.8. The van der Waals surface area contributed by atoms with E-state index in [0.29, 0.717) is 24.3 Å². The average Bonchev–Trinajstić information content (AvgIpc) is 3.43. The van der Waals surface area contributed by atoms with Crippen molar-refractivity contribution < 1.29 is 23.8 Å². The molecule has 0 saturated carbocycles. The molecule has 1 aromatic heterocycles. The first-order valence-corrected chi connectivity index (χ1v) is 11.4. The molecule has 1 saturated heterocycles. The predicted octanol–water partition coefficient (Wildman–Crippen LogP) is 3.40. The van der Waals surface area contributed by atoms with Crippen molar-refractivity contribution >= 4 is 23.9 Å². The Bertz CT molecular complexity index is 1400. The Hall–Kier alpha value is -4.47. The van der Waals surface area contributed by atoms with Crippen LogP contribution in [0.4, 0.5) is 4.39 Å². The molecule has 2 aliphatic heterocycles. The van der Waals surface area contributed by atoms with E-state index in [2.05, 4.69) is 9.98 Å². The van der Waals surface area contributed by atoms with Crippen LogP contribution in [0.1, 0.15) is 29.3 Å². The third-order valence-corrected chi connectivity index (χ3v) is 6.22. The number of aryl methyl sites for hydroxylation is 1. The standard InChI is InChI=1S/C26H24FN5O4/c1-16-13-31(15-28-16)22-8-3-17(12-23(22)36-2)11-20-25(35)32-21(18-4-6-19(27)7-5-18)9-10-30(14-24(33)34)26(32)29-20/h3-8,11-13,15,21H,9-10,14H2,1-2H3,(H,33,34)/b20-11-/t21-/m1/s1. The molecule has 1 N–H and O–H groups in total.